The van der Waals surface area contributed by atoms with Crippen LogP contribution in [0.5, 0.6) is 0 Å². The topological polar surface area (TPSA) is 46.1 Å². The minimum absolute atomic E-state index is 0.0509. The minimum Gasteiger partial charge on any atom is -0.333 e. The molecule has 0 spiro atoms. The van der Waals surface area contributed by atoms with Crippen LogP contribution in [-0.4, -0.2) is 26.9 Å². The monoisotopic (exact) mass is 351 g/mol. The number of nitrogens with zero attached hydrogens (tertiary/aromatic N) is 3. The van der Waals surface area contributed by atoms with Gasteiger partial charge in [0.2, 0.25) is 0 Å². The zero-order valence-corrected chi connectivity index (χ0v) is 15.1. The Kier molecular flexibility index (Phi) is 5.90. The number of hydrogen-bond acceptors (Lipinski definition) is 4. The van der Waals surface area contributed by atoms with Crippen molar-refractivity contribution < 1.29 is 4.79 Å². The van der Waals surface area contributed by atoms with Crippen molar-refractivity contribution in [1.29, 1.82) is 0 Å². The van der Waals surface area contributed by atoms with E-state index in [2.05, 4.69) is 40.8 Å². The predicted molar refractivity (Wildman–Crippen MR) is 101 cm³/mol. The summed E-state index contributed by atoms with van der Waals surface area (Å²) in [5.74, 6) is -0.0509. The Balaban J connectivity index is 1.70. The van der Waals surface area contributed by atoms with Crippen LogP contribution in [0.1, 0.15) is 33.6 Å². The lowest BCUT2D eigenvalue weighted by molar-refractivity contribution is 0.0735. The molecule has 5 heteroatoms. The van der Waals surface area contributed by atoms with Gasteiger partial charge in [0.15, 0.2) is 5.69 Å². The second-order valence-corrected chi connectivity index (χ2v) is 6.64. The molecule has 0 aliphatic heterocycles. The zero-order valence-electron chi connectivity index (χ0n) is 14.3. The summed E-state index contributed by atoms with van der Waals surface area (Å²) in [7, 11) is 0. The molecule has 128 valence electrons. The van der Waals surface area contributed by atoms with E-state index in [1.165, 1.54) is 28.2 Å². The number of carbonyl (C=O) groups excluding carboxylic acids is 1. The first-order valence-electron chi connectivity index (χ1n) is 8.39. The fraction of sp³-hybridized carbons (Fsp3) is 0.250. The Hall–Kier alpha value is -2.53. The van der Waals surface area contributed by atoms with E-state index in [4.69, 9.17) is 0 Å². The van der Waals surface area contributed by atoms with Crippen LogP contribution in [0.15, 0.2) is 60.0 Å². The maximum Gasteiger partial charge on any atom is 0.275 e. The van der Waals surface area contributed by atoms with Crippen LogP contribution in [0.2, 0.25) is 0 Å². The van der Waals surface area contributed by atoms with E-state index in [1.54, 1.807) is 5.38 Å². The molecule has 0 radical (unpaired) electrons. The number of aryl methyl sites for hydroxylation is 2. The minimum atomic E-state index is -0.0509. The highest BCUT2D eigenvalue weighted by molar-refractivity contribution is 7.03. The molecule has 3 aromatic rings. The van der Waals surface area contributed by atoms with Crippen molar-refractivity contribution in [3.05, 3.63) is 82.4 Å². The number of amides is 1. The van der Waals surface area contributed by atoms with Crippen LogP contribution in [0.4, 0.5) is 0 Å². The van der Waals surface area contributed by atoms with Gasteiger partial charge in [-0.3, -0.25) is 4.79 Å². The largest absolute Gasteiger partial charge is 0.333 e. The van der Waals surface area contributed by atoms with E-state index >= 15 is 0 Å². The van der Waals surface area contributed by atoms with Crippen molar-refractivity contribution in [2.75, 3.05) is 6.54 Å². The van der Waals surface area contributed by atoms with Gasteiger partial charge in [0.25, 0.3) is 5.91 Å². The smallest absolute Gasteiger partial charge is 0.275 e. The van der Waals surface area contributed by atoms with E-state index in [0.29, 0.717) is 18.8 Å². The SMILES string of the molecule is Cc1ccccc1CN(CCCc1ccccc1)C(=O)c1csnn1. The molecule has 4 nitrogen and oxygen atoms in total. The Morgan fingerprint density at radius 1 is 1.08 bits per heavy atom. The standard InChI is InChI=1S/C20H21N3OS/c1-16-8-5-6-12-18(16)14-23(20(24)19-15-25-22-21-19)13-7-11-17-9-3-2-4-10-17/h2-6,8-10,12,15H,7,11,13-14H2,1H3. The lowest BCUT2D eigenvalue weighted by Crippen LogP contribution is -2.32. The Labute approximate surface area is 152 Å². The van der Waals surface area contributed by atoms with E-state index < -0.39 is 0 Å². The lowest BCUT2D eigenvalue weighted by Gasteiger charge is -2.23. The van der Waals surface area contributed by atoms with Gasteiger partial charge in [-0.1, -0.05) is 59.1 Å². The average molecular weight is 351 g/mol. The second kappa shape index (κ2) is 8.53. The fourth-order valence-corrected chi connectivity index (χ4v) is 3.21. The molecular formula is C20H21N3OS. The molecule has 0 saturated heterocycles. The highest BCUT2D eigenvalue weighted by Crippen LogP contribution is 2.14. The van der Waals surface area contributed by atoms with Crippen molar-refractivity contribution >= 4 is 17.4 Å². The summed E-state index contributed by atoms with van der Waals surface area (Å²) >= 11 is 1.21. The maximum absolute atomic E-state index is 12.8. The molecule has 0 bridgehead atoms. The van der Waals surface area contributed by atoms with Crippen LogP contribution in [0.25, 0.3) is 0 Å². The maximum atomic E-state index is 12.8. The van der Waals surface area contributed by atoms with Crippen LogP contribution in [-0.2, 0) is 13.0 Å². The van der Waals surface area contributed by atoms with Gasteiger partial charge in [-0.15, -0.1) is 5.10 Å². The number of rotatable bonds is 7. The van der Waals surface area contributed by atoms with Crippen LogP contribution >= 0.6 is 11.5 Å². The molecule has 0 N–H and O–H groups in total. The number of hydrogen-bond donors (Lipinski definition) is 0. The van der Waals surface area contributed by atoms with Gasteiger partial charge in [0, 0.05) is 18.5 Å². The Morgan fingerprint density at radius 3 is 2.56 bits per heavy atom. The average Bonchev–Trinajstić information content (AvgIpc) is 3.17. The van der Waals surface area contributed by atoms with Crippen LogP contribution in [0.3, 0.4) is 0 Å². The highest BCUT2D eigenvalue weighted by atomic mass is 32.1. The fourth-order valence-electron chi connectivity index (χ4n) is 2.78. The summed E-state index contributed by atoms with van der Waals surface area (Å²) < 4.78 is 3.82. The second-order valence-electron chi connectivity index (χ2n) is 6.03. The van der Waals surface area contributed by atoms with E-state index in [0.717, 1.165) is 12.8 Å². The summed E-state index contributed by atoms with van der Waals surface area (Å²) in [5, 5.41) is 5.66. The molecule has 0 aliphatic carbocycles. The summed E-state index contributed by atoms with van der Waals surface area (Å²) in [6, 6.07) is 18.5. The third kappa shape index (κ3) is 4.73. The first-order valence-corrected chi connectivity index (χ1v) is 9.22. The van der Waals surface area contributed by atoms with Crippen molar-refractivity contribution in [2.24, 2.45) is 0 Å². The van der Waals surface area contributed by atoms with Gasteiger partial charge in [-0.25, -0.2) is 0 Å². The molecule has 0 saturated carbocycles. The van der Waals surface area contributed by atoms with E-state index in [1.807, 2.05) is 35.2 Å². The quantitative estimate of drug-likeness (QED) is 0.643. The van der Waals surface area contributed by atoms with E-state index in [-0.39, 0.29) is 5.91 Å². The lowest BCUT2D eigenvalue weighted by atomic mass is 10.1. The molecule has 0 aliphatic rings. The molecule has 0 unspecified atom stereocenters. The third-order valence-corrected chi connectivity index (χ3v) is 4.73. The van der Waals surface area contributed by atoms with Crippen LogP contribution in [0, 0.1) is 6.92 Å². The number of benzene rings is 2. The van der Waals surface area contributed by atoms with Crippen molar-refractivity contribution in [3.8, 4) is 0 Å². The van der Waals surface area contributed by atoms with E-state index in [9.17, 15) is 4.79 Å². The number of carbonyl (C=O) groups is 1. The predicted octanol–water partition coefficient (Wildman–Crippen LogP) is 4.12. The van der Waals surface area contributed by atoms with Gasteiger partial charge < -0.3 is 4.90 Å². The summed E-state index contributed by atoms with van der Waals surface area (Å²) in [6.45, 7) is 3.36. The van der Waals surface area contributed by atoms with Gasteiger partial charge in [-0.05, 0) is 48.0 Å². The Bertz CT molecular complexity index is 803. The van der Waals surface area contributed by atoms with Crippen molar-refractivity contribution in [1.82, 2.24) is 14.5 Å². The molecule has 2 aromatic carbocycles. The molecule has 0 atom stereocenters. The molecule has 1 aromatic heterocycles. The van der Waals surface area contributed by atoms with Crippen molar-refractivity contribution in [2.45, 2.75) is 26.3 Å². The molecular weight excluding hydrogens is 330 g/mol. The molecule has 0 fully saturated rings. The van der Waals surface area contributed by atoms with Gasteiger partial charge in [0.05, 0.1) is 0 Å². The molecule has 25 heavy (non-hydrogen) atoms. The summed E-state index contributed by atoms with van der Waals surface area (Å²) in [6.07, 6.45) is 1.87. The first-order chi connectivity index (χ1) is 12.2. The van der Waals surface area contributed by atoms with Gasteiger partial charge in [0.1, 0.15) is 0 Å². The van der Waals surface area contributed by atoms with Gasteiger partial charge in [-0.2, -0.15) is 0 Å². The van der Waals surface area contributed by atoms with Crippen LogP contribution < -0.4 is 0 Å². The first kappa shape index (κ1) is 17.3. The molecule has 1 heterocycles. The Morgan fingerprint density at radius 2 is 1.84 bits per heavy atom. The normalized spacial score (nSPS) is 10.6. The molecule has 1 amide bonds. The van der Waals surface area contributed by atoms with Gasteiger partial charge >= 0.3 is 0 Å². The zero-order chi connectivity index (χ0) is 17.5. The third-order valence-electron chi connectivity index (χ3n) is 4.23. The highest BCUT2D eigenvalue weighted by Gasteiger charge is 2.19. The van der Waals surface area contributed by atoms with Crippen molar-refractivity contribution in [3.63, 3.8) is 0 Å². The number of aromatic nitrogens is 2. The summed E-state index contributed by atoms with van der Waals surface area (Å²) in [5.41, 5.74) is 4.08. The molecule has 3 rings (SSSR count). The summed E-state index contributed by atoms with van der Waals surface area (Å²) in [4.78, 5) is 14.7.